The van der Waals surface area contributed by atoms with Gasteiger partial charge in [0.1, 0.15) is 0 Å². The fourth-order valence-corrected chi connectivity index (χ4v) is 2.52. The monoisotopic (exact) mass is 357 g/mol. The van der Waals surface area contributed by atoms with Gasteiger partial charge in [-0.3, -0.25) is 0 Å². The number of alkyl halides is 3. The summed E-state index contributed by atoms with van der Waals surface area (Å²) in [6, 6.07) is 13.0. The molecule has 112 valence electrons. The minimum atomic E-state index is -4.30. The Morgan fingerprint density at radius 3 is 2.29 bits per heavy atom. The summed E-state index contributed by atoms with van der Waals surface area (Å²) < 4.78 is 38.6. The first-order valence-corrected chi connectivity index (χ1v) is 7.38. The van der Waals surface area contributed by atoms with Gasteiger partial charge in [0.15, 0.2) is 0 Å². The standard InChI is InChI=1S/C16H15BrF3N/c1-2-15(11-4-3-5-13(17)10-11)21-14-8-6-12(7-9-14)16(18,19)20/h3-10,15,21H,2H2,1H3. The summed E-state index contributed by atoms with van der Waals surface area (Å²) in [6.45, 7) is 2.03. The SMILES string of the molecule is CCC(Nc1ccc(C(F)(F)F)cc1)c1cccc(Br)c1. The lowest BCUT2D eigenvalue weighted by molar-refractivity contribution is -0.137. The first kappa shape index (κ1) is 15.9. The van der Waals surface area contributed by atoms with Crippen molar-refractivity contribution < 1.29 is 13.2 Å². The van der Waals surface area contributed by atoms with Crippen LogP contribution in [0.2, 0.25) is 0 Å². The molecule has 1 atom stereocenters. The summed E-state index contributed by atoms with van der Waals surface area (Å²) >= 11 is 3.42. The van der Waals surface area contributed by atoms with Crippen LogP contribution in [0.1, 0.15) is 30.5 Å². The van der Waals surface area contributed by atoms with E-state index in [0.29, 0.717) is 5.69 Å². The number of nitrogens with one attached hydrogen (secondary N) is 1. The van der Waals surface area contributed by atoms with E-state index in [0.717, 1.165) is 28.6 Å². The number of anilines is 1. The molecule has 0 bridgehead atoms. The minimum absolute atomic E-state index is 0.0548. The highest BCUT2D eigenvalue weighted by molar-refractivity contribution is 9.10. The van der Waals surface area contributed by atoms with Crippen molar-refractivity contribution in [2.75, 3.05) is 5.32 Å². The Kier molecular flexibility index (Phi) is 4.93. The van der Waals surface area contributed by atoms with E-state index in [2.05, 4.69) is 21.2 Å². The Morgan fingerprint density at radius 2 is 1.76 bits per heavy atom. The van der Waals surface area contributed by atoms with Gasteiger partial charge in [0.25, 0.3) is 0 Å². The van der Waals surface area contributed by atoms with Crippen LogP contribution in [-0.2, 0) is 6.18 Å². The zero-order valence-corrected chi connectivity index (χ0v) is 13.0. The maximum Gasteiger partial charge on any atom is 0.416 e. The largest absolute Gasteiger partial charge is 0.416 e. The Morgan fingerprint density at radius 1 is 1.10 bits per heavy atom. The summed E-state index contributed by atoms with van der Waals surface area (Å²) in [5.41, 5.74) is 1.13. The van der Waals surface area contributed by atoms with Crippen LogP contribution in [0.5, 0.6) is 0 Å². The first-order valence-electron chi connectivity index (χ1n) is 6.59. The van der Waals surface area contributed by atoms with E-state index in [1.807, 2.05) is 31.2 Å². The van der Waals surface area contributed by atoms with Gasteiger partial charge < -0.3 is 5.32 Å². The molecule has 0 spiro atoms. The minimum Gasteiger partial charge on any atom is -0.378 e. The molecule has 5 heteroatoms. The third-order valence-corrected chi connectivity index (χ3v) is 3.71. The van der Waals surface area contributed by atoms with Gasteiger partial charge in [0, 0.05) is 10.2 Å². The molecule has 0 aromatic heterocycles. The molecule has 0 heterocycles. The van der Waals surface area contributed by atoms with Crippen molar-refractivity contribution in [3.8, 4) is 0 Å². The van der Waals surface area contributed by atoms with Crippen LogP contribution in [0.4, 0.5) is 18.9 Å². The summed E-state index contributed by atoms with van der Waals surface area (Å²) in [6.07, 6.45) is -3.47. The van der Waals surface area contributed by atoms with Crippen LogP contribution < -0.4 is 5.32 Å². The van der Waals surface area contributed by atoms with Crippen LogP contribution in [0, 0.1) is 0 Å². The van der Waals surface area contributed by atoms with E-state index in [1.165, 1.54) is 12.1 Å². The Balaban J connectivity index is 2.15. The first-order chi connectivity index (χ1) is 9.90. The van der Waals surface area contributed by atoms with E-state index in [9.17, 15) is 13.2 Å². The molecule has 2 aromatic carbocycles. The van der Waals surface area contributed by atoms with Crippen LogP contribution in [0.25, 0.3) is 0 Å². The second-order valence-corrected chi connectivity index (χ2v) is 5.65. The maximum atomic E-state index is 12.5. The van der Waals surface area contributed by atoms with Crippen LogP contribution in [0.3, 0.4) is 0 Å². The lowest BCUT2D eigenvalue weighted by atomic mass is 10.0. The molecule has 1 unspecified atom stereocenters. The average Bonchev–Trinajstić information content (AvgIpc) is 2.44. The number of benzene rings is 2. The van der Waals surface area contributed by atoms with Crippen LogP contribution >= 0.6 is 15.9 Å². The normalized spacial score (nSPS) is 13.0. The summed E-state index contributed by atoms with van der Waals surface area (Å²) in [5, 5.41) is 3.26. The topological polar surface area (TPSA) is 12.0 Å². The van der Waals surface area contributed by atoms with Crippen molar-refractivity contribution in [3.05, 3.63) is 64.1 Å². The Hall–Kier alpha value is -1.49. The quantitative estimate of drug-likeness (QED) is 0.704. The fraction of sp³-hybridized carbons (Fsp3) is 0.250. The second kappa shape index (κ2) is 6.52. The fourth-order valence-electron chi connectivity index (χ4n) is 2.10. The van der Waals surface area contributed by atoms with E-state index in [-0.39, 0.29) is 6.04 Å². The van der Waals surface area contributed by atoms with Crippen molar-refractivity contribution in [3.63, 3.8) is 0 Å². The summed E-state index contributed by atoms with van der Waals surface area (Å²) in [5.74, 6) is 0. The molecular weight excluding hydrogens is 343 g/mol. The highest BCUT2D eigenvalue weighted by Crippen LogP contribution is 2.31. The highest BCUT2D eigenvalue weighted by atomic mass is 79.9. The van der Waals surface area contributed by atoms with Gasteiger partial charge in [-0.25, -0.2) is 0 Å². The molecule has 0 aliphatic carbocycles. The third kappa shape index (κ3) is 4.24. The lowest BCUT2D eigenvalue weighted by Gasteiger charge is -2.19. The number of rotatable bonds is 4. The van der Waals surface area contributed by atoms with Gasteiger partial charge in [-0.15, -0.1) is 0 Å². The molecule has 21 heavy (non-hydrogen) atoms. The van der Waals surface area contributed by atoms with Gasteiger partial charge in [0.05, 0.1) is 11.6 Å². The van der Waals surface area contributed by atoms with Crippen molar-refractivity contribution >= 4 is 21.6 Å². The second-order valence-electron chi connectivity index (χ2n) is 4.74. The zero-order valence-electron chi connectivity index (χ0n) is 11.4. The predicted octanol–water partition coefficient (Wildman–Crippen LogP) is 6.03. The molecule has 0 fully saturated rings. The van der Waals surface area contributed by atoms with E-state index in [1.54, 1.807) is 0 Å². The summed E-state index contributed by atoms with van der Waals surface area (Å²) in [7, 11) is 0. The maximum absolute atomic E-state index is 12.5. The molecule has 2 rings (SSSR count). The molecular formula is C16H15BrF3N. The van der Waals surface area contributed by atoms with Gasteiger partial charge >= 0.3 is 6.18 Å². The number of hydrogen-bond acceptors (Lipinski definition) is 1. The van der Waals surface area contributed by atoms with E-state index >= 15 is 0 Å². The van der Waals surface area contributed by atoms with Gasteiger partial charge in [-0.2, -0.15) is 13.2 Å². The predicted molar refractivity (Wildman–Crippen MR) is 82.2 cm³/mol. The average molecular weight is 358 g/mol. The number of halogens is 4. The van der Waals surface area contributed by atoms with E-state index in [4.69, 9.17) is 0 Å². The molecule has 0 saturated carbocycles. The molecule has 0 radical (unpaired) electrons. The van der Waals surface area contributed by atoms with Crippen molar-refractivity contribution in [2.45, 2.75) is 25.6 Å². The molecule has 0 saturated heterocycles. The van der Waals surface area contributed by atoms with Crippen LogP contribution in [0.15, 0.2) is 53.0 Å². The van der Waals surface area contributed by atoms with Crippen molar-refractivity contribution in [1.29, 1.82) is 0 Å². The number of hydrogen-bond donors (Lipinski definition) is 1. The highest BCUT2D eigenvalue weighted by Gasteiger charge is 2.29. The van der Waals surface area contributed by atoms with Gasteiger partial charge in [-0.05, 0) is 48.4 Å². The molecule has 2 aromatic rings. The van der Waals surface area contributed by atoms with Crippen molar-refractivity contribution in [2.24, 2.45) is 0 Å². The Labute approximate surface area is 130 Å². The smallest absolute Gasteiger partial charge is 0.378 e. The molecule has 0 aliphatic rings. The van der Waals surface area contributed by atoms with Gasteiger partial charge in [0.2, 0.25) is 0 Å². The van der Waals surface area contributed by atoms with E-state index < -0.39 is 11.7 Å². The molecule has 1 nitrogen and oxygen atoms in total. The Bertz CT molecular complexity index is 593. The molecule has 0 aliphatic heterocycles. The lowest BCUT2D eigenvalue weighted by Crippen LogP contribution is -2.10. The van der Waals surface area contributed by atoms with Crippen LogP contribution in [-0.4, -0.2) is 0 Å². The van der Waals surface area contributed by atoms with Crippen molar-refractivity contribution in [1.82, 2.24) is 0 Å². The molecule has 1 N–H and O–H groups in total. The van der Waals surface area contributed by atoms with Gasteiger partial charge in [-0.1, -0.05) is 35.0 Å². The molecule has 0 amide bonds. The summed E-state index contributed by atoms with van der Waals surface area (Å²) in [4.78, 5) is 0. The third-order valence-electron chi connectivity index (χ3n) is 3.21. The zero-order chi connectivity index (χ0) is 15.5.